The summed E-state index contributed by atoms with van der Waals surface area (Å²) in [4.78, 5) is 32.9. The molecular formula is C28H32N4O5. The maximum absolute atomic E-state index is 13.0. The molecule has 0 bridgehead atoms. The number of carbonyl (C=O) groups is 2. The number of piperazine rings is 1. The van der Waals surface area contributed by atoms with Crippen molar-refractivity contribution in [1.82, 2.24) is 9.88 Å². The molecule has 194 valence electrons. The Morgan fingerprint density at radius 2 is 1.68 bits per heavy atom. The highest BCUT2D eigenvalue weighted by atomic mass is 16.5. The highest BCUT2D eigenvalue weighted by Crippen LogP contribution is 2.36. The lowest BCUT2D eigenvalue weighted by molar-refractivity contribution is -0.131. The van der Waals surface area contributed by atoms with Gasteiger partial charge in [0.05, 0.1) is 14.2 Å². The monoisotopic (exact) mass is 504 g/mol. The number of amides is 2. The van der Waals surface area contributed by atoms with E-state index in [0.717, 1.165) is 33.8 Å². The summed E-state index contributed by atoms with van der Waals surface area (Å²) in [6.45, 7) is 7.63. The zero-order chi connectivity index (χ0) is 26.5. The lowest BCUT2D eigenvalue weighted by Gasteiger charge is -2.37. The molecule has 1 aromatic heterocycles. The molecule has 4 rings (SSSR count). The van der Waals surface area contributed by atoms with E-state index in [2.05, 4.69) is 15.2 Å². The molecule has 2 amide bonds. The first-order valence-electron chi connectivity index (χ1n) is 12.1. The number of nitrogens with zero attached hydrogens (tertiary/aromatic N) is 3. The van der Waals surface area contributed by atoms with E-state index >= 15 is 0 Å². The van der Waals surface area contributed by atoms with Gasteiger partial charge < -0.3 is 29.3 Å². The second-order valence-corrected chi connectivity index (χ2v) is 8.86. The van der Waals surface area contributed by atoms with Gasteiger partial charge in [0.1, 0.15) is 17.2 Å². The fourth-order valence-electron chi connectivity index (χ4n) is 4.32. The van der Waals surface area contributed by atoms with Gasteiger partial charge in [-0.15, -0.1) is 0 Å². The largest absolute Gasteiger partial charge is 0.497 e. The minimum atomic E-state index is -0.369. The molecule has 0 aliphatic carbocycles. The Kier molecular flexibility index (Phi) is 7.81. The van der Waals surface area contributed by atoms with Gasteiger partial charge in [0.25, 0.3) is 0 Å². The van der Waals surface area contributed by atoms with Crippen LogP contribution in [0.2, 0.25) is 0 Å². The second-order valence-electron chi connectivity index (χ2n) is 8.86. The Balaban J connectivity index is 1.51. The van der Waals surface area contributed by atoms with E-state index in [9.17, 15) is 9.59 Å². The van der Waals surface area contributed by atoms with Crippen molar-refractivity contribution >= 4 is 23.4 Å². The summed E-state index contributed by atoms with van der Waals surface area (Å²) in [5, 5.41) is 2.95. The van der Waals surface area contributed by atoms with E-state index in [0.29, 0.717) is 43.5 Å². The average Bonchev–Trinajstić information content (AvgIpc) is 2.90. The van der Waals surface area contributed by atoms with Gasteiger partial charge in [-0.25, -0.2) is 9.78 Å². The molecule has 2 heterocycles. The van der Waals surface area contributed by atoms with Gasteiger partial charge in [0, 0.05) is 50.0 Å². The maximum Gasteiger partial charge on any atom is 0.322 e. The van der Waals surface area contributed by atoms with Crippen LogP contribution in [0, 0.1) is 13.8 Å². The van der Waals surface area contributed by atoms with Gasteiger partial charge in [0.15, 0.2) is 0 Å². The van der Waals surface area contributed by atoms with Crippen molar-refractivity contribution in [3.05, 3.63) is 59.8 Å². The fraction of sp³-hybridized carbons (Fsp3) is 0.321. The van der Waals surface area contributed by atoms with Crippen LogP contribution in [-0.4, -0.2) is 62.3 Å². The number of anilines is 2. The summed E-state index contributed by atoms with van der Waals surface area (Å²) < 4.78 is 16.1. The molecule has 9 nitrogen and oxygen atoms in total. The smallest absolute Gasteiger partial charge is 0.322 e. The topological polar surface area (TPSA) is 93.2 Å². The number of carbonyl (C=O) groups excluding carboxylic acids is 2. The maximum atomic E-state index is 13.0. The number of aryl methyl sites for hydroxylation is 2. The molecule has 0 saturated carbocycles. The lowest BCUT2D eigenvalue weighted by Crippen LogP contribution is -2.50. The molecule has 37 heavy (non-hydrogen) atoms. The van der Waals surface area contributed by atoms with Crippen molar-refractivity contribution in [3.8, 4) is 28.5 Å². The van der Waals surface area contributed by atoms with Gasteiger partial charge in [-0.05, 0) is 61.4 Å². The van der Waals surface area contributed by atoms with Crippen molar-refractivity contribution < 1.29 is 23.8 Å². The third-order valence-corrected chi connectivity index (χ3v) is 6.38. The Bertz CT molecular complexity index is 1300. The van der Waals surface area contributed by atoms with Gasteiger partial charge in [0.2, 0.25) is 5.88 Å². The van der Waals surface area contributed by atoms with Crippen molar-refractivity contribution in [2.45, 2.75) is 20.8 Å². The highest BCUT2D eigenvalue weighted by molar-refractivity contribution is 5.91. The summed E-state index contributed by atoms with van der Waals surface area (Å²) in [5.41, 5.74) is 5.27. The van der Waals surface area contributed by atoms with Crippen LogP contribution in [0.15, 0.2) is 48.5 Å². The molecule has 9 heteroatoms. The first kappa shape index (κ1) is 25.8. The summed E-state index contributed by atoms with van der Waals surface area (Å²) in [5.74, 6) is 1.24. The standard InChI is InChI=1S/C28H32N4O5/c1-18-15-25(27(36-5)29-19(18)2)30-28(34)32-13-11-31(12-14-32)26-10-9-22(35-4)17-24(26)21-7-6-8-23(16-21)37-20(3)33/h6-10,15-17H,11-14H2,1-5H3,(H,30,34). The molecule has 0 spiro atoms. The number of rotatable bonds is 6. The SMILES string of the molecule is COc1ccc(N2CCN(C(=O)Nc3cc(C)c(C)nc3OC)CC2)c(-c2cccc(OC(C)=O)c2)c1. The van der Waals surface area contributed by atoms with Gasteiger partial charge >= 0.3 is 12.0 Å². The van der Waals surface area contributed by atoms with Crippen LogP contribution in [-0.2, 0) is 4.79 Å². The molecule has 1 saturated heterocycles. The number of aromatic nitrogens is 1. The number of ether oxygens (including phenoxy) is 3. The summed E-state index contributed by atoms with van der Waals surface area (Å²) >= 11 is 0. The van der Waals surface area contributed by atoms with Crippen LogP contribution < -0.4 is 24.4 Å². The summed E-state index contributed by atoms with van der Waals surface area (Å²) in [6.07, 6.45) is 0. The zero-order valence-corrected chi connectivity index (χ0v) is 21.8. The predicted molar refractivity (Wildman–Crippen MR) is 143 cm³/mol. The predicted octanol–water partition coefficient (Wildman–Crippen LogP) is 4.66. The van der Waals surface area contributed by atoms with Gasteiger partial charge in [-0.3, -0.25) is 4.79 Å². The van der Waals surface area contributed by atoms with Crippen molar-refractivity contribution in [3.63, 3.8) is 0 Å². The minimum absolute atomic E-state index is 0.188. The third-order valence-electron chi connectivity index (χ3n) is 6.38. The van der Waals surface area contributed by atoms with Crippen LogP contribution in [0.4, 0.5) is 16.2 Å². The average molecular weight is 505 g/mol. The van der Waals surface area contributed by atoms with Crippen LogP contribution in [0.1, 0.15) is 18.2 Å². The van der Waals surface area contributed by atoms with Crippen LogP contribution in [0.3, 0.4) is 0 Å². The Morgan fingerprint density at radius 1 is 0.919 bits per heavy atom. The number of methoxy groups -OCH3 is 2. The van der Waals surface area contributed by atoms with Crippen LogP contribution in [0.5, 0.6) is 17.4 Å². The van der Waals surface area contributed by atoms with E-state index in [-0.39, 0.29) is 12.0 Å². The van der Waals surface area contributed by atoms with E-state index in [1.807, 2.05) is 56.3 Å². The summed E-state index contributed by atoms with van der Waals surface area (Å²) in [7, 11) is 3.17. The van der Waals surface area contributed by atoms with Gasteiger partial charge in [-0.2, -0.15) is 0 Å². The van der Waals surface area contributed by atoms with E-state index in [1.165, 1.54) is 6.92 Å². The van der Waals surface area contributed by atoms with E-state index in [4.69, 9.17) is 14.2 Å². The Morgan fingerprint density at radius 3 is 2.35 bits per heavy atom. The van der Waals surface area contributed by atoms with Crippen LogP contribution >= 0.6 is 0 Å². The number of hydrogen-bond donors (Lipinski definition) is 1. The number of urea groups is 1. The third kappa shape index (κ3) is 5.94. The van der Waals surface area contributed by atoms with E-state index < -0.39 is 0 Å². The molecule has 3 aromatic rings. The molecule has 1 aliphatic rings. The van der Waals surface area contributed by atoms with E-state index in [1.54, 1.807) is 25.2 Å². The van der Waals surface area contributed by atoms with Gasteiger partial charge in [-0.1, -0.05) is 12.1 Å². The molecular weight excluding hydrogens is 472 g/mol. The quantitative estimate of drug-likeness (QED) is 0.385. The Labute approximate surface area is 217 Å². The number of hydrogen-bond acceptors (Lipinski definition) is 7. The lowest BCUT2D eigenvalue weighted by atomic mass is 10.0. The molecule has 0 unspecified atom stereocenters. The van der Waals surface area contributed by atoms with Crippen LogP contribution in [0.25, 0.3) is 11.1 Å². The zero-order valence-electron chi connectivity index (χ0n) is 21.8. The molecule has 0 atom stereocenters. The summed E-state index contributed by atoms with van der Waals surface area (Å²) in [6, 6.07) is 15.0. The first-order valence-corrected chi connectivity index (χ1v) is 12.1. The fourth-order valence-corrected chi connectivity index (χ4v) is 4.32. The molecule has 1 aliphatic heterocycles. The molecule has 0 radical (unpaired) electrons. The van der Waals surface area contributed by atoms with Crippen molar-refractivity contribution in [2.75, 3.05) is 50.6 Å². The van der Waals surface area contributed by atoms with Crippen molar-refractivity contribution in [1.29, 1.82) is 0 Å². The normalized spacial score (nSPS) is 13.2. The number of esters is 1. The first-order chi connectivity index (χ1) is 17.8. The Hall–Kier alpha value is -4.27. The number of pyridine rings is 1. The molecule has 1 fully saturated rings. The molecule has 2 aromatic carbocycles. The van der Waals surface area contributed by atoms with Crippen molar-refractivity contribution in [2.24, 2.45) is 0 Å². The highest BCUT2D eigenvalue weighted by Gasteiger charge is 2.24. The number of benzene rings is 2. The minimum Gasteiger partial charge on any atom is -0.497 e. The second kappa shape index (κ2) is 11.2. The number of nitrogens with one attached hydrogen (secondary N) is 1. The molecule has 1 N–H and O–H groups in total.